The van der Waals surface area contributed by atoms with E-state index in [1.54, 1.807) is 48.5 Å². The third-order valence-corrected chi connectivity index (χ3v) is 7.34. The standard InChI is InChI=1S/C40H26/c1-3-12-29-24-32(22-20-27(29)10-1)31-14-9-15-33(26-31)39-35-16-5-7-18-37(35)40(38-19-8-6-17-36(38)39)34-23-21-28-11-2-4-13-30(28)25-34/h1-26H/i2D,4D,9D,11D,13D,14D,15D,21D,23D,25D,26D. The van der Waals surface area contributed by atoms with Crippen molar-refractivity contribution in [1.29, 1.82) is 0 Å². The number of benzene rings is 8. The molecular formula is C40H26. The van der Waals surface area contributed by atoms with E-state index in [9.17, 15) is 2.74 Å². The Morgan fingerprint density at radius 2 is 0.925 bits per heavy atom. The summed E-state index contributed by atoms with van der Waals surface area (Å²) in [7, 11) is 0. The predicted octanol–water partition coefficient (Wildman–Crippen LogP) is 11.3. The van der Waals surface area contributed by atoms with Gasteiger partial charge in [-0.05, 0) is 94.6 Å². The van der Waals surface area contributed by atoms with Gasteiger partial charge in [-0.2, -0.15) is 0 Å². The van der Waals surface area contributed by atoms with Gasteiger partial charge in [0.1, 0.15) is 0 Å². The van der Waals surface area contributed by atoms with Crippen molar-refractivity contribution < 1.29 is 15.1 Å². The van der Waals surface area contributed by atoms with Crippen LogP contribution >= 0.6 is 0 Å². The van der Waals surface area contributed by atoms with E-state index in [0.29, 0.717) is 38.2 Å². The first-order valence-corrected chi connectivity index (χ1v) is 13.0. The molecule has 0 heteroatoms. The zero-order valence-corrected chi connectivity index (χ0v) is 21.2. The molecule has 0 aromatic heterocycles. The minimum absolute atomic E-state index is 0.0215. The van der Waals surface area contributed by atoms with E-state index < -0.39 is 30.2 Å². The van der Waals surface area contributed by atoms with Gasteiger partial charge in [0.05, 0.1) is 15.1 Å². The molecule has 186 valence electrons. The van der Waals surface area contributed by atoms with Crippen molar-refractivity contribution >= 4 is 43.1 Å². The van der Waals surface area contributed by atoms with E-state index >= 15 is 0 Å². The minimum Gasteiger partial charge on any atom is -0.0616 e. The molecule has 0 spiro atoms. The third-order valence-electron chi connectivity index (χ3n) is 7.34. The maximum atomic E-state index is 9.56. The summed E-state index contributed by atoms with van der Waals surface area (Å²) in [6, 6.07) is 23.6. The molecular weight excluding hydrogens is 480 g/mol. The van der Waals surface area contributed by atoms with E-state index in [4.69, 9.17) is 12.3 Å². The van der Waals surface area contributed by atoms with Crippen molar-refractivity contribution in [3.63, 3.8) is 0 Å². The largest absolute Gasteiger partial charge is 0.0636 e. The lowest BCUT2D eigenvalue weighted by Crippen LogP contribution is -1.91. The number of hydrogen-bond donors (Lipinski definition) is 0. The third kappa shape index (κ3) is 3.69. The van der Waals surface area contributed by atoms with Gasteiger partial charge in [0.25, 0.3) is 0 Å². The summed E-state index contributed by atoms with van der Waals surface area (Å²) < 4.78 is 97.5. The predicted molar refractivity (Wildman–Crippen MR) is 173 cm³/mol. The second-order valence-electron chi connectivity index (χ2n) is 9.65. The molecule has 0 aliphatic heterocycles. The molecule has 0 aliphatic rings. The Bertz CT molecular complexity index is 2770. The van der Waals surface area contributed by atoms with Gasteiger partial charge < -0.3 is 0 Å². The van der Waals surface area contributed by atoms with Crippen LogP contribution in [0.2, 0.25) is 0 Å². The Labute approximate surface area is 249 Å². The minimum atomic E-state index is -0.541. The van der Waals surface area contributed by atoms with Gasteiger partial charge in [0, 0.05) is 0 Å². The van der Waals surface area contributed by atoms with Crippen LogP contribution < -0.4 is 0 Å². The van der Waals surface area contributed by atoms with Crippen LogP contribution in [-0.2, 0) is 0 Å². The molecule has 0 bridgehead atoms. The molecule has 40 heavy (non-hydrogen) atoms. The average molecular weight is 518 g/mol. The van der Waals surface area contributed by atoms with Crippen molar-refractivity contribution in [3.8, 4) is 33.4 Å². The highest BCUT2D eigenvalue weighted by Crippen LogP contribution is 2.44. The van der Waals surface area contributed by atoms with Gasteiger partial charge in [-0.25, -0.2) is 0 Å². The Kier molecular flexibility index (Phi) is 3.29. The highest BCUT2D eigenvalue weighted by Gasteiger charge is 2.17. The zero-order valence-electron chi connectivity index (χ0n) is 32.2. The topological polar surface area (TPSA) is 0 Å². The van der Waals surface area contributed by atoms with Crippen LogP contribution in [0.1, 0.15) is 15.1 Å². The molecule has 0 saturated heterocycles. The van der Waals surface area contributed by atoms with Crippen molar-refractivity contribution in [2.24, 2.45) is 0 Å². The Morgan fingerprint density at radius 1 is 0.350 bits per heavy atom. The molecule has 0 amide bonds. The van der Waals surface area contributed by atoms with Gasteiger partial charge in [0.2, 0.25) is 0 Å². The summed E-state index contributed by atoms with van der Waals surface area (Å²) in [6.45, 7) is 0. The van der Waals surface area contributed by atoms with Crippen LogP contribution in [0.3, 0.4) is 0 Å². The Balaban J connectivity index is 1.53. The molecule has 0 atom stereocenters. The molecule has 0 N–H and O–H groups in total. The average Bonchev–Trinajstić information content (AvgIpc) is 3.14. The second kappa shape index (κ2) is 9.22. The lowest BCUT2D eigenvalue weighted by atomic mass is 9.85. The van der Waals surface area contributed by atoms with Gasteiger partial charge in [-0.1, -0.05) is 139 Å². The van der Waals surface area contributed by atoms with Gasteiger partial charge >= 0.3 is 0 Å². The monoisotopic (exact) mass is 517 g/mol. The summed E-state index contributed by atoms with van der Waals surface area (Å²) >= 11 is 0. The number of rotatable bonds is 3. The quantitative estimate of drug-likeness (QED) is 0.204. The zero-order chi connectivity index (χ0) is 36.0. The Morgan fingerprint density at radius 3 is 1.62 bits per heavy atom. The first kappa shape index (κ1) is 14.3. The first-order valence-electron chi connectivity index (χ1n) is 18.5. The normalized spacial score (nSPS) is 15.3. The van der Waals surface area contributed by atoms with Gasteiger partial charge in [-0.15, -0.1) is 0 Å². The van der Waals surface area contributed by atoms with Crippen molar-refractivity contribution in [2.45, 2.75) is 0 Å². The highest BCUT2D eigenvalue weighted by molar-refractivity contribution is 6.21. The van der Waals surface area contributed by atoms with Crippen LogP contribution in [0.25, 0.3) is 76.5 Å². The smallest absolute Gasteiger partial charge is 0.0616 e. The molecule has 8 rings (SSSR count). The lowest BCUT2D eigenvalue weighted by Gasteiger charge is -2.18. The van der Waals surface area contributed by atoms with E-state index in [-0.39, 0.29) is 63.7 Å². The van der Waals surface area contributed by atoms with E-state index in [2.05, 4.69) is 0 Å². The van der Waals surface area contributed by atoms with E-state index in [1.165, 1.54) is 0 Å². The Hall–Kier alpha value is -5.20. The molecule has 0 heterocycles. The maximum Gasteiger partial charge on any atom is 0.0636 e. The van der Waals surface area contributed by atoms with E-state index in [0.717, 1.165) is 10.8 Å². The first-order chi connectivity index (χ1) is 24.4. The fourth-order valence-electron chi connectivity index (χ4n) is 5.53. The van der Waals surface area contributed by atoms with Crippen LogP contribution in [0, 0.1) is 0 Å². The summed E-state index contributed by atoms with van der Waals surface area (Å²) in [5, 5.41) is 3.70. The molecule has 0 unspecified atom stereocenters. The van der Waals surface area contributed by atoms with Crippen LogP contribution in [0.4, 0.5) is 0 Å². The SMILES string of the molecule is [2H]c1c([2H])c(-c2ccc3ccccc3c2)c([2H])c(-c2c3ccccc3c(-c3c([2H])c([2H])c4c([2H])c([2H])c([2H])c([2H])c4c3[2H])c3ccccc23)c1[2H]. The molecule has 0 saturated carbocycles. The molecule has 0 radical (unpaired) electrons. The summed E-state index contributed by atoms with van der Waals surface area (Å²) in [5.74, 6) is 0. The highest BCUT2D eigenvalue weighted by atomic mass is 14.2. The lowest BCUT2D eigenvalue weighted by molar-refractivity contribution is 1.63. The van der Waals surface area contributed by atoms with Crippen molar-refractivity contribution in [2.75, 3.05) is 0 Å². The van der Waals surface area contributed by atoms with E-state index in [1.807, 2.05) is 42.5 Å². The molecule has 0 nitrogen and oxygen atoms in total. The summed E-state index contributed by atoms with van der Waals surface area (Å²) in [5.41, 5.74) is 1.85. The molecule has 8 aromatic rings. The summed E-state index contributed by atoms with van der Waals surface area (Å²) in [4.78, 5) is 0. The fourth-order valence-corrected chi connectivity index (χ4v) is 5.53. The second-order valence-corrected chi connectivity index (χ2v) is 9.65. The summed E-state index contributed by atoms with van der Waals surface area (Å²) in [6.07, 6.45) is 0. The maximum absolute atomic E-state index is 9.56. The number of fused-ring (bicyclic) bond motifs is 4. The number of hydrogen-bond acceptors (Lipinski definition) is 0. The molecule has 8 aromatic carbocycles. The fraction of sp³-hybridized carbons (Fsp3) is 0. The van der Waals surface area contributed by atoms with Crippen molar-refractivity contribution in [3.05, 3.63) is 157 Å². The van der Waals surface area contributed by atoms with Crippen LogP contribution in [0.5, 0.6) is 0 Å². The van der Waals surface area contributed by atoms with Gasteiger partial charge in [-0.3, -0.25) is 0 Å². The molecule has 0 fully saturated rings. The van der Waals surface area contributed by atoms with Crippen molar-refractivity contribution in [1.82, 2.24) is 0 Å². The van der Waals surface area contributed by atoms with Gasteiger partial charge in [0.15, 0.2) is 0 Å². The van der Waals surface area contributed by atoms with Crippen LogP contribution in [0.15, 0.2) is 157 Å². The molecule has 0 aliphatic carbocycles. The van der Waals surface area contributed by atoms with Crippen LogP contribution in [-0.4, -0.2) is 0 Å².